The van der Waals surface area contributed by atoms with Crippen LogP contribution in [0.2, 0.25) is 0 Å². The van der Waals surface area contributed by atoms with E-state index in [0.29, 0.717) is 5.54 Å². The number of para-hydroxylation sites is 1. The summed E-state index contributed by atoms with van der Waals surface area (Å²) >= 11 is 0. The highest BCUT2D eigenvalue weighted by Crippen LogP contribution is 2.37. The number of hydrogen-bond donors (Lipinski definition) is 1. The van der Waals surface area contributed by atoms with E-state index in [1.165, 1.54) is 36.6 Å². The standard InChI is InChI=1S/C18H23N3/c1-2-6-17-16(5-1)15(7-10-20-17)13-21-12-11-19-14-18(21)8-3-4-9-18/h1-2,5-7,10,19H,3-4,8-9,11-14H2. The molecule has 2 aromatic rings. The number of rotatable bonds is 2. The third kappa shape index (κ3) is 2.34. The summed E-state index contributed by atoms with van der Waals surface area (Å²) in [5.74, 6) is 0. The number of hydrogen-bond acceptors (Lipinski definition) is 3. The fourth-order valence-electron chi connectivity index (χ4n) is 4.16. The van der Waals surface area contributed by atoms with Crippen LogP contribution >= 0.6 is 0 Å². The Bertz CT molecular complexity index is 626. The van der Waals surface area contributed by atoms with Gasteiger partial charge in [-0.05, 0) is 30.5 Å². The SMILES string of the molecule is c1ccc2c(CN3CCNCC34CCCC4)ccnc2c1. The van der Waals surface area contributed by atoms with Crippen molar-refractivity contribution in [1.29, 1.82) is 0 Å². The van der Waals surface area contributed by atoms with Gasteiger partial charge in [0.2, 0.25) is 0 Å². The lowest BCUT2D eigenvalue weighted by Gasteiger charge is -2.45. The van der Waals surface area contributed by atoms with Crippen molar-refractivity contribution in [3.63, 3.8) is 0 Å². The summed E-state index contributed by atoms with van der Waals surface area (Å²) in [5, 5.41) is 4.93. The largest absolute Gasteiger partial charge is 0.314 e. The van der Waals surface area contributed by atoms with Gasteiger partial charge < -0.3 is 5.32 Å². The number of nitrogens with zero attached hydrogens (tertiary/aromatic N) is 2. The molecule has 1 saturated carbocycles. The first-order chi connectivity index (χ1) is 10.4. The Morgan fingerprint density at radius 3 is 2.90 bits per heavy atom. The smallest absolute Gasteiger partial charge is 0.0705 e. The van der Waals surface area contributed by atoms with E-state index in [4.69, 9.17) is 0 Å². The molecule has 2 fully saturated rings. The van der Waals surface area contributed by atoms with Crippen LogP contribution in [0, 0.1) is 0 Å². The Balaban J connectivity index is 1.67. The Kier molecular flexibility index (Phi) is 3.40. The van der Waals surface area contributed by atoms with E-state index in [0.717, 1.165) is 31.7 Å². The third-order valence-corrected chi connectivity index (χ3v) is 5.32. The van der Waals surface area contributed by atoms with Crippen molar-refractivity contribution in [3.05, 3.63) is 42.1 Å². The molecule has 2 heterocycles. The molecular formula is C18H23N3. The van der Waals surface area contributed by atoms with Gasteiger partial charge in [0, 0.05) is 43.3 Å². The lowest BCUT2D eigenvalue weighted by Crippen LogP contribution is -2.59. The minimum atomic E-state index is 0.405. The predicted octanol–water partition coefficient (Wildman–Crippen LogP) is 2.95. The van der Waals surface area contributed by atoms with Crippen molar-refractivity contribution in [3.8, 4) is 0 Å². The van der Waals surface area contributed by atoms with E-state index in [-0.39, 0.29) is 0 Å². The van der Waals surface area contributed by atoms with E-state index in [9.17, 15) is 0 Å². The number of pyridine rings is 1. The maximum Gasteiger partial charge on any atom is 0.0705 e. The van der Waals surface area contributed by atoms with Gasteiger partial charge in [0.1, 0.15) is 0 Å². The fraction of sp³-hybridized carbons (Fsp3) is 0.500. The Morgan fingerprint density at radius 1 is 1.14 bits per heavy atom. The second-order valence-corrected chi connectivity index (χ2v) is 6.52. The molecule has 0 atom stereocenters. The molecule has 1 aromatic heterocycles. The summed E-state index contributed by atoms with van der Waals surface area (Å²) in [6.45, 7) is 4.50. The van der Waals surface area contributed by atoms with Crippen LogP contribution in [-0.2, 0) is 6.54 Å². The van der Waals surface area contributed by atoms with Gasteiger partial charge >= 0.3 is 0 Å². The van der Waals surface area contributed by atoms with Crippen LogP contribution in [0.4, 0.5) is 0 Å². The Morgan fingerprint density at radius 2 is 2.00 bits per heavy atom. The van der Waals surface area contributed by atoms with Crippen molar-refractivity contribution in [1.82, 2.24) is 15.2 Å². The average Bonchev–Trinajstić information content (AvgIpc) is 2.99. The van der Waals surface area contributed by atoms with Gasteiger partial charge in [-0.2, -0.15) is 0 Å². The second kappa shape index (κ2) is 5.39. The molecule has 0 amide bonds. The Hall–Kier alpha value is -1.45. The number of benzene rings is 1. The molecule has 1 saturated heterocycles. The fourth-order valence-corrected chi connectivity index (χ4v) is 4.16. The molecule has 1 aliphatic heterocycles. The van der Waals surface area contributed by atoms with Crippen LogP contribution in [0.1, 0.15) is 31.2 Å². The van der Waals surface area contributed by atoms with Crippen molar-refractivity contribution in [2.45, 2.75) is 37.8 Å². The van der Waals surface area contributed by atoms with E-state index < -0.39 is 0 Å². The van der Waals surface area contributed by atoms with Crippen LogP contribution in [-0.4, -0.2) is 35.1 Å². The molecule has 0 unspecified atom stereocenters. The molecule has 3 nitrogen and oxygen atoms in total. The number of piperazine rings is 1. The van der Waals surface area contributed by atoms with E-state index in [1.54, 1.807) is 0 Å². The minimum absolute atomic E-state index is 0.405. The topological polar surface area (TPSA) is 28.2 Å². The normalized spacial score (nSPS) is 22.1. The highest BCUT2D eigenvalue weighted by molar-refractivity contribution is 5.81. The molecule has 0 bridgehead atoms. The lowest BCUT2D eigenvalue weighted by molar-refractivity contribution is 0.0576. The molecule has 1 aromatic carbocycles. The molecule has 1 spiro atoms. The maximum absolute atomic E-state index is 4.49. The summed E-state index contributed by atoms with van der Waals surface area (Å²) in [6, 6.07) is 10.7. The zero-order valence-corrected chi connectivity index (χ0v) is 12.5. The quantitative estimate of drug-likeness (QED) is 0.917. The number of nitrogens with one attached hydrogen (secondary N) is 1. The van der Waals surface area contributed by atoms with Crippen LogP contribution in [0.5, 0.6) is 0 Å². The highest BCUT2D eigenvalue weighted by Gasteiger charge is 2.40. The van der Waals surface area contributed by atoms with Gasteiger partial charge in [-0.3, -0.25) is 9.88 Å². The molecular weight excluding hydrogens is 258 g/mol. The van der Waals surface area contributed by atoms with E-state index >= 15 is 0 Å². The second-order valence-electron chi connectivity index (χ2n) is 6.52. The van der Waals surface area contributed by atoms with Crippen LogP contribution in [0.3, 0.4) is 0 Å². The van der Waals surface area contributed by atoms with Crippen molar-refractivity contribution in [2.75, 3.05) is 19.6 Å². The zero-order valence-electron chi connectivity index (χ0n) is 12.5. The van der Waals surface area contributed by atoms with Crippen molar-refractivity contribution >= 4 is 10.9 Å². The summed E-state index contributed by atoms with van der Waals surface area (Å²) in [4.78, 5) is 7.23. The first kappa shape index (κ1) is 13.2. The highest BCUT2D eigenvalue weighted by atomic mass is 15.3. The average molecular weight is 281 g/mol. The molecule has 4 rings (SSSR count). The van der Waals surface area contributed by atoms with Gasteiger partial charge in [0.05, 0.1) is 5.52 Å². The number of fused-ring (bicyclic) bond motifs is 1. The van der Waals surface area contributed by atoms with Gasteiger partial charge in [-0.25, -0.2) is 0 Å². The summed E-state index contributed by atoms with van der Waals surface area (Å²) < 4.78 is 0. The maximum atomic E-state index is 4.49. The number of aromatic nitrogens is 1. The zero-order chi connectivity index (χ0) is 14.1. The lowest BCUT2D eigenvalue weighted by atomic mass is 9.92. The van der Waals surface area contributed by atoms with Crippen LogP contribution in [0.25, 0.3) is 10.9 Å². The predicted molar refractivity (Wildman–Crippen MR) is 86.2 cm³/mol. The summed E-state index contributed by atoms with van der Waals surface area (Å²) in [5.41, 5.74) is 2.95. The third-order valence-electron chi connectivity index (χ3n) is 5.32. The monoisotopic (exact) mass is 281 g/mol. The van der Waals surface area contributed by atoms with Gasteiger partial charge in [-0.1, -0.05) is 31.0 Å². The van der Waals surface area contributed by atoms with Crippen molar-refractivity contribution in [2.24, 2.45) is 0 Å². The molecule has 110 valence electrons. The minimum Gasteiger partial charge on any atom is -0.314 e. The van der Waals surface area contributed by atoms with Gasteiger partial charge in [0.25, 0.3) is 0 Å². The van der Waals surface area contributed by atoms with Crippen molar-refractivity contribution < 1.29 is 0 Å². The molecule has 2 aliphatic rings. The summed E-state index contributed by atoms with van der Waals surface area (Å²) in [6.07, 6.45) is 7.43. The first-order valence-electron chi connectivity index (χ1n) is 8.16. The molecule has 21 heavy (non-hydrogen) atoms. The molecule has 3 heteroatoms. The van der Waals surface area contributed by atoms with Crippen LogP contribution < -0.4 is 5.32 Å². The van der Waals surface area contributed by atoms with Gasteiger partial charge in [0.15, 0.2) is 0 Å². The molecule has 1 aliphatic carbocycles. The van der Waals surface area contributed by atoms with Gasteiger partial charge in [-0.15, -0.1) is 0 Å². The molecule has 0 radical (unpaired) electrons. The Labute approximate surface area is 126 Å². The van der Waals surface area contributed by atoms with E-state index in [1.807, 2.05) is 6.20 Å². The summed E-state index contributed by atoms with van der Waals surface area (Å²) in [7, 11) is 0. The first-order valence-corrected chi connectivity index (χ1v) is 8.16. The van der Waals surface area contributed by atoms with E-state index in [2.05, 4.69) is 45.5 Å². The van der Waals surface area contributed by atoms with Crippen LogP contribution in [0.15, 0.2) is 36.5 Å². The molecule has 1 N–H and O–H groups in total.